The Labute approximate surface area is 117 Å². The monoisotopic (exact) mass is 275 g/mol. The molecule has 0 radical (unpaired) electrons. The van der Waals surface area contributed by atoms with Crippen molar-refractivity contribution in [1.29, 1.82) is 0 Å². The number of nitrogens with zero attached hydrogens (tertiary/aromatic N) is 3. The molecule has 0 fully saturated rings. The molecule has 2 rings (SSSR count). The van der Waals surface area contributed by atoms with Crippen molar-refractivity contribution in [3.05, 3.63) is 42.0 Å². The number of methoxy groups -OCH3 is 1. The quantitative estimate of drug-likeness (QED) is 0.782. The van der Waals surface area contributed by atoms with Crippen LogP contribution in [0.15, 0.2) is 30.7 Å². The van der Waals surface area contributed by atoms with Gasteiger partial charge in [-0.1, -0.05) is 0 Å². The van der Waals surface area contributed by atoms with Crippen LogP contribution in [-0.2, 0) is 9.47 Å². The van der Waals surface area contributed by atoms with E-state index in [1.165, 1.54) is 6.20 Å². The predicted octanol–water partition coefficient (Wildman–Crippen LogP) is 2.15. The molecule has 20 heavy (non-hydrogen) atoms. The van der Waals surface area contributed by atoms with Gasteiger partial charge in [-0.2, -0.15) is 5.10 Å². The summed E-state index contributed by atoms with van der Waals surface area (Å²) in [4.78, 5) is 16.0. The molecule has 0 spiro atoms. The van der Waals surface area contributed by atoms with Crippen molar-refractivity contribution in [3.8, 4) is 5.69 Å². The standard InChI is InChI=1S/C14H17N3O3/c1-4-20-14(18)12-9-16-17(13(12)10(2)19-3)11-6-5-7-15-8-11/h5-10H,4H2,1-3H3. The summed E-state index contributed by atoms with van der Waals surface area (Å²) in [7, 11) is 1.58. The summed E-state index contributed by atoms with van der Waals surface area (Å²) in [6.45, 7) is 3.94. The van der Waals surface area contributed by atoms with Crippen LogP contribution in [0.3, 0.4) is 0 Å². The second kappa shape index (κ2) is 6.29. The average Bonchev–Trinajstić information content (AvgIpc) is 2.92. The van der Waals surface area contributed by atoms with Crippen LogP contribution in [0.5, 0.6) is 0 Å². The number of pyridine rings is 1. The molecule has 0 N–H and O–H groups in total. The second-order valence-corrected chi connectivity index (χ2v) is 4.16. The first-order valence-electron chi connectivity index (χ1n) is 6.37. The summed E-state index contributed by atoms with van der Waals surface area (Å²) in [6, 6.07) is 3.67. The first-order chi connectivity index (χ1) is 9.69. The normalized spacial score (nSPS) is 12.2. The van der Waals surface area contributed by atoms with Gasteiger partial charge < -0.3 is 9.47 Å². The molecule has 6 nitrogen and oxygen atoms in total. The fourth-order valence-electron chi connectivity index (χ4n) is 1.91. The van der Waals surface area contributed by atoms with Crippen molar-refractivity contribution in [2.24, 2.45) is 0 Å². The largest absolute Gasteiger partial charge is 0.462 e. The first kappa shape index (κ1) is 14.2. The lowest BCUT2D eigenvalue weighted by atomic mass is 10.1. The summed E-state index contributed by atoms with van der Waals surface area (Å²) < 4.78 is 12.0. The molecule has 0 saturated carbocycles. The van der Waals surface area contributed by atoms with Gasteiger partial charge in [-0.3, -0.25) is 4.98 Å². The molecule has 2 heterocycles. The number of esters is 1. The Morgan fingerprint density at radius 2 is 2.25 bits per heavy atom. The highest BCUT2D eigenvalue weighted by Crippen LogP contribution is 2.24. The van der Waals surface area contributed by atoms with Crippen LogP contribution < -0.4 is 0 Å². The molecular weight excluding hydrogens is 258 g/mol. The highest BCUT2D eigenvalue weighted by molar-refractivity contribution is 5.90. The molecule has 2 aromatic rings. The lowest BCUT2D eigenvalue weighted by Crippen LogP contribution is -2.13. The van der Waals surface area contributed by atoms with Crippen LogP contribution in [0.1, 0.15) is 36.0 Å². The van der Waals surface area contributed by atoms with Crippen LogP contribution in [-0.4, -0.2) is 34.5 Å². The Balaban J connectivity index is 2.51. The molecule has 0 amide bonds. The van der Waals surface area contributed by atoms with E-state index in [0.29, 0.717) is 17.9 Å². The van der Waals surface area contributed by atoms with E-state index in [2.05, 4.69) is 10.1 Å². The minimum absolute atomic E-state index is 0.294. The van der Waals surface area contributed by atoms with Gasteiger partial charge >= 0.3 is 5.97 Å². The molecule has 6 heteroatoms. The fourth-order valence-corrected chi connectivity index (χ4v) is 1.91. The Kier molecular flexibility index (Phi) is 4.47. The molecule has 0 aliphatic heterocycles. The highest BCUT2D eigenvalue weighted by atomic mass is 16.5. The molecule has 2 aromatic heterocycles. The second-order valence-electron chi connectivity index (χ2n) is 4.16. The maximum atomic E-state index is 12.0. The van der Waals surface area contributed by atoms with Gasteiger partial charge in [-0.05, 0) is 26.0 Å². The molecule has 0 aromatic carbocycles. The zero-order chi connectivity index (χ0) is 14.5. The zero-order valence-electron chi connectivity index (χ0n) is 11.7. The highest BCUT2D eigenvalue weighted by Gasteiger charge is 2.23. The van der Waals surface area contributed by atoms with Crippen molar-refractivity contribution < 1.29 is 14.3 Å². The number of hydrogen-bond acceptors (Lipinski definition) is 5. The Hall–Kier alpha value is -2.21. The lowest BCUT2D eigenvalue weighted by Gasteiger charge is -2.14. The minimum Gasteiger partial charge on any atom is -0.462 e. The number of aromatic nitrogens is 3. The van der Waals surface area contributed by atoms with E-state index < -0.39 is 5.97 Å². The summed E-state index contributed by atoms with van der Waals surface area (Å²) in [5.41, 5.74) is 1.82. The van der Waals surface area contributed by atoms with E-state index in [4.69, 9.17) is 9.47 Å². The predicted molar refractivity (Wildman–Crippen MR) is 72.7 cm³/mol. The van der Waals surface area contributed by atoms with Gasteiger partial charge in [0.2, 0.25) is 0 Å². The molecule has 0 aliphatic carbocycles. The molecule has 106 valence electrons. The fraction of sp³-hybridized carbons (Fsp3) is 0.357. The number of rotatable bonds is 5. The first-order valence-corrected chi connectivity index (χ1v) is 6.37. The Bertz CT molecular complexity index is 581. The summed E-state index contributed by atoms with van der Waals surface area (Å²) in [5.74, 6) is -0.401. The van der Waals surface area contributed by atoms with Crippen molar-refractivity contribution in [1.82, 2.24) is 14.8 Å². The van der Waals surface area contributed by atoms with E-state index in [1.54, 1.807) is 31.1 Å². The zero-order valence-corrected chi connectivity index (χ0v) is 11.7. The number of hydrogen-bond donors (Lipinski definition) is 0. The van der Waals surface area contributed by atoms with Gasteiger partial charge in [0, 0.05) is 13.3 Å². The van der Waals surface area contributed by atoms with Crippen molar-refractivity contribution in [2.75, 3.05) is 13.7 Å². The third kappa shape index (κ3) is 2.70. The summed E-state index contributed by atoms with van der Waals surface area (Å²) in [5, 5.41) is 4.25. The third-order valence-corrected chi connectivity index (χ3v) is 2.93. The Morgan fingerprint density at radius 1 is 1.45 bits per heavy atom. The summed E-state index contributed by atoms with van der Waals surface area (Å²) >= 11 is 0. The molecule has 0 saturated heterocycles. The Morgan fingerprint density at radius 3 is 2.85 bits per heavy atom. The van der Waals surface area contributed by atoms with Crippen molar-refractivity contribution >= 4 is 5.97 Å². The smallest absolute Gasteiger partial charge is 0.341 e. The van der Waals surface area contributed by atoms with Gasteiger partial charge in [0.15, 0.2) is 0 Å². The molecule has 0 bridgehead atoms. The van der Waals surface area contributed by atoms with Gasteiger partial charge in [0.25, 0.3) is 0 Å². The molecular formula is C14H17N3O3. The maximum absolute atomic E-state index is 12.0. The van der Waals surface area contributed by atoms with E-state index in [-0.39, 0.29) is 6.10 Å². The average molecular weight is 275 g/mol. The van der Waals surface area contributed by atoms with E-state index in [0.717, 1.165) is 5.69 Å². The van der Waals surface area contributed by atoms with E-state index in [1.807, 2.05) is 19.1 Å². The van der Waals surface area contributed by atoms with Crippen LogP contribution in [0.25, 0.3) is 5.69 Å². The van der Waals surface area contributed by atoms with Crippen LogP contribution in [0.4, 0.5) is 0 Å². The molecule has 0 aliphatic rings. The van der Waals surface area contributed by atoms with Gasteiger partial charge in [0.05, 0.1) is 36.5 Å². The third-order valence-electron chi connectivity index (χ3n) is 2.93. The van der Waals surface area contributed by atoms with Gasteiger partial charge in [0.1, 0.15) is 5.56 Å². The van der Waals surface area contributed by atoms with Crippen LogP contribution >= 0.6 is 0 Å². The SMILES string of the molecule is CCOC(=O)c1cnn(-c2cccnc2)c1C(C)OC. The van der Waals surface area contributed by atoms with Crippen molar-refractivity contribution in [2.45, 2.75) is 20.0 Å². The van der Waals surface area contributed by atoms with Crippen LogP contribution in [0, 0.1) is 0 Å². The minimum atomic E-state index is -0.401. The number of ether oxygens (including phenoxy) is 2. The maximum Gasteiger partial charge on any atom is 0.341 e. The molecule has 1 atom stereocenters. The molecule has 1 unspecified atom stereocenters. The lowest BCUT2D eigenvalue weighted by molar-refractivity contribution is 0.0514. The van der Waals surface area contributed by atoms with E-state index >= 15 is 0 Å². The topological polar surface area (TPSA) is 66.2 Å². The number of carbonyl (C=O) groups is 1. The number of carbonyl (C=O) groups excluding carboxylic acids is 1. The van der Waals surface area contributed by atoms with E-state index in [9.17, 15) is 4.79 Å². The van der Waals surface area contributed by atoms with Gasteiger partial charge in [-0.15, -0.1) is 0 Å². The van der Waals surface area contributed by atoms with Gasteiger partial charge in [-0.25, -0.2) is 9.48 Å². The van der Waals surface area contributed by atoms with Crippen LogP contribution in [0.2, 0.25) is 0 Å². The van der Waals surface area contributed by atoms with Crippen molar-refractivity contribution in [3.63, 3.8) is 0 Å². The summed E-state index contributed by atoms with van der Waals surface area (Å²) in [6.07, 6.45) is 4.56.